The highest BCUT2D eigenvalue weighted by Crippen LogP contribution is 2.25. The lowest BCUT2D eigenvalue weighted by atomic mass is 10.1. The Bertz CT molecular complexity index is 1050. The van der Waals surface area contributed by atoms with Crippen molar-refractivity contribution in [2.75, 3.05) is 12.4 Å². The Morgan fingerprint density at radius 1 is 0.968 bits per heavy atom. The van der Waals surface area contributed by atoms with Crippen molar-refractivity contribution in [3.8, 4) is 11.5 Å². The van der Waals surface area contributed by atoms with Gasteiger partial charge in [-0.15, -0.1) is 0 Å². The van der Waals surface area contributed by atoms with Gasteiger partial charge in [0, 0.05) is 5.56 Å². The van der Waals surface area contributed by atoms with E-state index < -0.39 is 18.0 Å². The number of methoxy groups -OCH3 is 1. The molecular formula is C25H25NO5. The van der Waals surface area contributed by atoms with Crippen LogP contribution in [-0.2, 0) is 16.1 Å². The Hall–Kier alpha value is -3.80. The lowest BCUT2D eigenvalue weighted by molar-refractivity contribution is -0.123. The first-order valence-electron chi connectivity index (χ1n) is 9.90. The highest BCUT2D eigenvalue weighted by atomic mass is 16.5. The number of carbonyl (C=O) groups excluding carboxylic acids is 2. The second-order valence-electron chi connectivity index (χ2n) is 7.00. The molecule has 1 atom stereocenters. The SMILES string of the molecule is COc1ccc(C)cc1NC(=O)[C@@H](C)OC(=O)c1ccccc1COc1ccccc1. The van der Waals surface area contributed by atoms with E-state index in [1.54, 1.807) is 30.3 Å². The quantitative estimate of drug-likeness (QED) is 0.533. The lowest BCUT2D eigenvalue weighted by Gasteiger charge is -2.17. The highest BCUT2D eigenvalue weighted by molar-refractivity contribution is 5.98. The fraction of sp³-hybridized carbons (Fsp3) is 0.200. The van der Waals surface area contributed by atoms with Gasteiger partial charge >= 0.3 is 5.97 Å². The average Bonchev–Trinajstić information content (AvgIpc) is 2.78. The zero-order valence-electron chi connectivity index (χ0n) is 17.8. The molecule has 0 spiro atoms. The molecule has 6 heteroatoms. The molecule has 0 heterocycles. The van der Waals surface area contributed by atoms with Gasteiger partial charge in [-0.2, -0.15) is 0 Å². The van der Waals surface area contributed by atoms with Crippen molar-refractivity contribution in [1.82, 2.24) is 0 Å². The maximum atomic E-state index is 12.7. The van der Waals surface area contributed by atoms with Gasteiger partial charge in [0.2, 0.25) is 0 Å². The van der Waals surface area contributed by atoms with Gasteiger partial charge in [-0.1, -0.05) is 42.5 Å². The number of esters is 1. The van der Waals surface area contributed by atoms with Gasteiger partial charge in [0.15, 0.2) is 6.10 Å². The van der Waals surface area contributed by atoms with E-state index in [9.17, 15) is 9.59 Å². The van der Waals surface area contributed by atoms with Crippen LogP contribution in [0.25, 0.3) is 0 Å². The summed E-state index contributed by atoms with van der Waals surface area (Å²) in [4.78, 5) is 25.3. The number of benzene rings is 3. The zero-order valence-corrected chi connectivity index (χ0v) is 17.8. The van der Waals surface area contributed by atoms with Crippen molar-refractivity contribution in [3.63, 3.8) is 0 Å². The molecule has 3 rings (SSSR count). The van der Waals surface area contributed by atoms with E-state index in [2.05, 4.69) is 5.32 Å². The summed E-state index contributed by atoms with van der Waals surface area (Å²) >= 11 is 0. The van der Waals surface area contributed by atoms with E-state index in [-0.39, 0.29) is 6.61 Å². The predicted octanol–water partition coefficient (Wildman–Crippen LogP) is 4.77. The minimum absolute atomic E-state index is 0.205. The average molecular weight is 419 g/mol. The molecule has 0 aliphatic heterocycles. The lowest BCUT2D eigenvalue weighted by Crippen LogP contribution is -2.30. The fourth-order valence-electron chi connectivity index (χ4n) is 2.95. The molecule has 0 saturated carbocycles. The molecule has 0 unspecified atom stereocenters. The van der Waals surface area contributed by atoms with Gasteiger partial charge in [-0.3, -0.25) is 4.79 Å². The molecule has 0 aliphatic rings. The summed E-state index contributed by atoms with van der Waals surface area (Å²) < 4.78 is 16.4. The molecule has 1 N–H and O–H groups in total. The largest absolute Gasteiger partial charge is 0.495 e. The number of amides is 1. The Balaban J connectivity index is 1.66. The van der Waals surface area contributed by atoms with Crippen molar-refractivity contribution in [3.05, 3.63) is 89.5 Å². The van der Waals surface area contributed by atoms with Crippen molar-refractivity contribution < 1.29 is 23.8 Å². The van der Waals surface area contributed by atoms with Crippen LogP contribution in [0.4, 0.5) is 5.69 Å². The topological polar surface area (TPSA) is 73.9 Å². The van der Waals surface area contributed by atoms with Crippen LogP contribution in [-0.4, -0.2) is 25.1 Å². The Morgan fingerprint density at radius 3 is 2.42 bits per heavy atom. The second-order valence-corrected chi connectivity index (χ2v) is 7.00. The number of hydrogen-bond acceptors (Lipinski definition) is 5. The summed E-state index contributed by atoms with van der Waals surface area (Å²) in [7, 11) is 1.53. The minimum atomic E-state index is -0.999. The molecule has 0 aromatic heterocycles. The maximum absolute atomic E-state index is 12.7. The summed E-state index contributed by atoms with van der Waals surface area (Å²) in [6.07, 6.45) is -0.999. The standard InChI is InChI=1S/C25H25NO5/c1-17-13-14-23(29-3)22(15-17)26-24(27)18(2)31-25(28)21-12-8-7-9-19(21)16-30-20-10-5-4-6-11-20/h4-15,18H,16H2,1-3H3,(H,26,27)/t18-/m1/s1. The number of carbonyl (C=O) groups is 2. The van der Waals surface area contributed by atoms with Crippen LogP contribution in [0.2, 0.25) is 0 Å². The third-order valence-electron chi connectivity index (χ3n) is 4.64. The van der Waals surface area contributed by atoms with Crippen LogP contribution in [0.5, 0.6) is 11.5 Å². The van der Waals surface area contributed by atoms with Gasteiger partial charge in [0.25, 0.3) is 5.91 Å². The van der Waals surface area contributed by atoms with Crippen molar-refractivity contribution in [2.24, 2.45) is 0 Å². The highest BCUT2D eigenvalue weighted by Gasteiger charge is 2.22. The van der Waals surface area contributed by atoms with E-state index in [1.807, 2.05) is 49.4 Å². The van der Waals surface area contributed by atoms with Gasteiger partial charge in [0.05, 0.1) is 18.4 Å². The Labute approximate surface area is 181 Å². The smallest absolute Gasteiger partial charge is 0.339 e. The van der Waals surface area contributed by atoms with Crippen molar-refractivity contribution in [2.45, 2.75) is 26.6 Å². The van der Waals surface area contributed by atoms with Gasteiger partial charge in [-0.25, -0.2) is 4.79 Å². The van der Waals surface area contributed by atoms with Crippen LogP contribution < -0.4 is 14.8 Å². The molecule has 3 aromatic carbocycles. The number of aryl methyl sites for hydroxylation is 1. The Kier molecular flexibility index (Phi) is 7.27. The van der Waals surface area contributed by atoms with Crippen molar-refractivity contribution >= 4 is 17.6 Å². The molecule has 3 aromatic rings. The molecule has 0 radical (unpaired) electrons. The third-order valence-corrected chi connectivity index (χ3v) is 4.64. The molecule has 0 bridgehead atoms. The summed E-state index contributed by atoms with van der Waals surface area (Å²) in [6, 6.07) is 21.8. The van der Waals surface area contributed by atoms with E-state index in [0.29, 0.717) is 28.3 Å². The molecule has 160 valence electrons. The van der Waals surface area contributed by atoms with Crippen LogP contribution in [0.1, 0.15) is 28.4 Å². The molecule has 0 aliphatic carbocycles. The maximum Gasteiger partial charge on any atom is 0.339 e. The number of rotatable bonds is 8. The number of anilines is 1. The number of ether oxygens (including phenoxy) is 3. The first-order chi connectivity index (χ1) is 15.0. The normalized spacial score (nSPS) is 11.3. The third kappa shape index (κ3) is 5.85. The predicted molar refractivity (Wildman–Crippen MR) is 118 cm³/mol. The van der Waals surface area contributed by atoms with Crippen LogP contribution in [0, 0.1) is 6.92 Å². The zero-order chi connectivity index (χ0) is 22.2. The monoisotopic (exact) mass is 419 g/mol. The van der Waals surface area contributed by atoms with Crippen LogP contribution >= 0.6 is 0 Å². The van der Waals surface area contributed by atoms with Crippen molar-refractivity contribution in [1.29, 1.82) is 0 Å². The second kappa shape index (κ2) is 10.3. The summed E-state index contributed by atoms with van der Waals surface area (Å²) in [5.74, 6) is 0.188. The first kappa shape index (κ1) is 21.9. The van der Waals surface area contributed by atoms with E-state index in [0.717, 1.165) is 5.56 Å². The van der Waals surface area contributed by atoms with Crippen LogP contribution in [0.15, 0.2) is 72.8 Å². The van der Waals surface area contributed by atoms with E-state index in [1.165, 1.54) is 14.0 Å². The molecule has 31 heavy (non-hydrogen) atoms. The molecule has 1 amide bonds. The minimum Gasteiger partial charge on any atom is -0.495 e. The number of hydrogen-bond donors (Lipinski definition) is 1. The summed E-state index contributed by atoms with van der Waals surface area (Å²) in [5.41, 5.74) is 2.51. The first-order valence-corrected chi connectivity index (χ1v) is 9.90. The fourth-order valence-corrected chi connectivity index (χ4v) is 2.95. The summed E-state index contributed by atoms with van der Waals surface area (Å²) in [5, 5.41) is 2.75. The molecular weight excluding hydrogens is 394 g/mol. The van der Waals surface area contributed by atoms with Gasteiger partial charge < -0.3 is 19.5 Å². The van der Waals surface area contributed by atoms with Crippen LogP contribution in [0.3, 0.4) is 0 Å². The molecule has 0 saturated heterocycles. The number of para-hydroxylation sites is 1. The molecule has 6 nitrogen and oxygen atoms in total. The molecule has 0 fully saturated rings. The van der Waals surface area contributed by atoms with E-state index in [4.69, 9.17) is 14.2 Å². The van der Waals surface area contributed by atoms with Gasteiger partial charge in [-0.05, 0) is 49.7 Å². The van der Waals surface area contributed by atoms with E-state index >= 15 is 0 Å². The number of nitrogens with one attached hydrogen (secondary N) is 1. The Morgan fingerprint density at radius 2 is 1.68 bits per heavy atom. The summed E-state index contributed by atoms with van der Waals surface area (Å²) in [6.45, 7) is 3.64. The van der Waals surface area contributed by atoms with Gasteiger partial charge in [0.1, 0.15) is 18.1 Å².